The van der Waals surface area contributed by atoms with Gasteiger partial charge in [0, 0.05) is 5.69 Å². The normalized spacial score (nSPS) is 11.5. The van der Waals surface area contributed by atoms with Crippen LogP contribution in [-0.2, 0) is 11.3 Å². The quantitative estimate of drug-likeness (QED) is 0.808. The van der Waals surface area contributed by atoms with Crippen molar-refractivity contribution >= 4 is 11.6 Å². The number of benzene rings is 1. The van der Waals surface area contributed by atoms with E-state index < -0.39 is 0 Å². The average Bonchev–Trinajstić information content (AvgIpc) is 2.99. The molecule has 4 nitrogen and oxygen atoms in total. The molecule has 0 saturated heterocycles. The van der Waals surface area contributed by atoms with Crippen molar-refractivity contribution in [3.05, 3.63) is 53.5 Å². The van der Waals surface area contributed by atoms with E-state index in [9.17, 15) is 4.79 Å². The van der Waals surface area contributed by atoms with Crippen LogP contribution in [-0.4, -0.2) is 24.4 Å². The van der Waals surface area contributed by atoms with Gasteiger partial charge in [0.25, 0.3) is 0 Å². The first-order chi connectivity index (χ1) is 11.4. The first-order valence-corrected chi connectivity index (χ1v) is 8.52. The number of furan rings is 1. The van der Waals surface area contributed by atoms with Crippen LogP contribution in [0.2, 0.25) is 0 Å². The van der Waals surface area contributed by atoms with Gasteiger partial charge in [-0.2, -0.15) is 0 Å². The molecule has 0 unspecified atom stereocenters. The summed E-state index contributed by atoms with van der Waals surface area (Å²) in [6.07, 6.45) is 1.65. The number of nitrogens with one attached hydrogen (secondary N) is 1. The second kappa shape index (κ2) is 8.15. The van der Waals surface area contributed by atoms with Gasteiger partial charge in [0.1, 0.15) is 5.76 Å². The minimum atomic E-state index is -0.000874. The second-order valence-corrected chi connectivity index (χ2v) is 6.92. The van der Waals surface area contributed by atoms with Crippen molar-refractivity contribution in [2.45, 2.75) is 46.1 Å². The predicted molar refractivity (Wildman–Crippen MR) is 98.3 cm³/mol. The third-order valence-corrected chi connectivity index (χ3v) is 4.06. The van der Waals surface area contributed by atoms with E-state index in [1.165, 1.54) is 11.1 Å². The highest BCUT2D eigenvalue weighted by Gasteiger charge is 2.17. The number of likely N-dealkylation sites (N-methyl/N-ethyl adjacent to an activating group) is 1. The molecule has 0 radical (unpaired) electrons. The molecule has 1 heterocycles. The van der Waals surface area contributed by atoms with Crippen LogP contribution in [0.25, 0.3) is 0 Å². The Bertz CT molecular complexity index is 634. The maximum Gasteiger partial charge on any atom is 0.238 e. The number of nitrogens with zero attached hydrogens (tertiary/aromatic N) is 1. The highest BCUT2D eigenvalue weighted by Crippen LogP contribution is 2.32. The Balaban J connectivity index is 2.10. The third kappa shape index (κ3) is 4.71. The van der Waals surface area contributed by atoms with Crippen LogP contribution >= 0.6 is 0 Å². The zero-order valence-electron chi connectivity index (χ0n) is 15.3. The van der Waals surface area contributed by atoms with Crippen molar-refractivity contribution in [2.75, 3.05) is 18.9 Å². The van der Waals surface area contributed by atoms with Gasteiger partial charge in [-0.25, -0.2) is 0 Å². The zero-order chi connectivity index (χ0) is 17.7. The molecular weight excluding hydrogens is 300 g/mol. The standard InChI is InChI=1S/C20H28N2O2/c1-14(2)17-9-6-10-18(15(3)4)20(17)21-19(23)13-22(5)12-16-8-7-11-24-16/h6-11,14-15H,12-13H2,1-5H3,(H,21,23). The first kappa shape index (κ1) is 18.3. The van der Waals surface area contributed by atoms with E-state index in [0.29, 0.717) is 24.9 Å². The lowest BCUT2D eigenvalue weighted by atomic mass is 9.92. The second-order valence-electron chi connectivity index (χ2n) is 6.92. The lowest BCUT2D eigenvalue weighted by Gasteiger charge is -2.21. The van der Waals surface area contributed by atoms with Crippen LogP contribution in [0.1, 0.15) is 56.4 Å². The maximum atomic E-state index is 12.5. The number of hydrogen-bond acceptors (Lipinski definition) is 3. The Morgan fingerprint density at radius 1 is 1.08 bits per heavy atom. The minimum absolute atomic E-state index is 0.000874. The van der Waals surface area contributed by atoms with Crippen LogP contribution in [0.4, 0.5) is 5.69 Å². The molecule has 0 saturated carbocycles. The molecule has 0 bridgehead atoms. The van der Waals surface area contributed by atoms with E-state index >= 15 is 0 Å². The van der Waals surface area contributed by atoms with E-state index in [1.807, 2.05) is 24.1 Å². The smallest absolute Gasteiger partial charge is 0.238 e. The van der Waals surface area contributed by atoms with E-state index in [1.54, 1.807) is 6.26 Å². The maximum absolute atomic E-state index is 12.5. The molecule has 1 amide bonds. The summed E-state index contributed by atoms with van der Waals surface area (Å²) in [5.74, 6) is 1.58. The number of anilines is 1. The highest BCUT2D eigenvalue weighted by molar-refractivity contribution is 5.94. The summed E-state index contributed by atoms with van der Waals surface area (Å²) in [6.45, 7) is 9.54. The van der Waals surface area contributed by atoms with Gasteiger partial charge >= 0.3 is 0 Å². The zero-order valence-corrected chi connectivity index (χ0v) is 15.3. The lowest BCUT2D eigenvalue weighted by Crippen LogP contribution is -2.30. The van der Waals surface area contributed by atoms with Crippen molar-refractivity contribution in [2.24, 2.45) is 0 Å². The van der Waals surface area contributed by atoms with Crippen LogP contribution < -0.4 is 5.32 Å². The molecule has 0 spiro atoms. The Morgan fingerprint density at radius 2 is 1.71 bits per heavy atom. The van der Waals surface area contributed by atoms with Crippen molar-refractivity contribution < 1.29 is 9.21 Å². The van der Waals surface area contributed by atoms with Gasteiger partial charge < -0.3 is 9.73 Å². The van der Waals surface area contributed by atoms with Crippen molar-refractivity contribution in [1.29, 1.82) is 0 Å². The Morgan fingerprint density at radius 3 is 2.21 bits per heavy atom. The number of hydrogen-bond donors (Lipinski definition) is 1. The number of carbonyl (C=O) groups is 1. The summed E-state index contributed by atoms with van der Waals surface area (Å²) in [6, 6.07) is 10.0. The number of para-hydroxylation sites is 1. The Hall–Kier alpha value is -2.07. The molecular formula is C20H28N2O2. The highest BCUT2D eigenvalue weighted by atomic mass is 16.3. The van der Waals surface area contributed by atoms with Gasteiger partial charge in [-0.1, -0.05) is 45.9 Å². The summed E-state index contributed by atoms with van der Waals surface area (Å²) in [4.78, 5) is 14.5. The van der Waals surface area contributed by atoms with Gasteiger partial charge in [-0.15, -0.1) is 0 Å². The lowest BCUT2D eigenvalue weighted by molar-refractivity contribution is -0.117. The Labute approximate surface area is 144 Å². The van der Waals surface area contributed by atoms with Gasteiger partial charge in [0.15, 0.2) is 0 Å². The minimum Gasteiger partial charge on any atom is -0.468 e. The summed E-state index contributed by atoms with van der Waals surface area (Å²) in [5, 5.41) is 3.14. The third-order valence-electron chi connectivity index (χ3n) is 4.06. The molecule has 0 aliphatic heterocycles. The fourth-order valence-electron chi connectivity index (χ4n) is 2.84. The molecule has 4 heteroatoms. The number of amides is 1. The molecule has 1 N–H and O–H groups in total. The van der Waals surface area contributed by atoms with Crippen LogP contribution in [0, 0.1) is 0 Å². The van der Waals surface area contributed by atoms with Crippen LogP contribution in [0.5, 0.6) is 0 Å². The molecule has 2 aromatic rings. The number of carbonyl (C=O) groups excluding carboxylic acids is 1. The van der Waals surface area contributed by atoms with E-state index in [2.05, 4.69) is 51.2 Å². The molecule has 24 heavy (non-hydrogen) atoms. The molecule has 0 fully saturated rings. The number of rotatable bonds is 7. The van der Waals surface area contributed by atoms with E-state index in [4.69, 9.17) is 4.42 Å². The average molecular weight is 328 g/mol. The summed E-state index contributed by atoms with van der Waals surface area (Å²) < 4.78 is 5.33. The van der Waals surface area contributed by atoms with Gasteiger partial charge in [-0.05, 0) is 42.1 Å². The first-order valence-electron chi connectivity index (χ1n) is 8.52. The topological polar surface area (TPSA) is 45.5 Å². The summed E-state index contributed by atoms with van der Waals surface area (Å²) >= 11 is 0. The molecule has 1 aromatic heterocycles. The molecule has 1 aromatic carbocycles. The SMILES string of the molecule is CC(C)c1cccc(C(C)C)c1NC(=O)CN(C)Cc1ccco1. The van der Waals surface area contributed by atoms with E-state index in [0.717, 1.165) is 11.4 Å². The fourth-order valence-corrected chi connectivity index (χ4v) is 2.84. The largest absolute Gasteiger partial charge is 0.468 e. The van der Waals surface area contributed by atoms with E-state index in [-0.39, 0.29) is 5.91 Å². The Kier molecular flexibility index (Phi) is 6.21. The summed E-state index contributed by atoms with van der Waals surface area (Å²) in [7, 11) is 1.92. The van der Waals surface area contributed by atoms with Crippen LogP contribution in [0.15, 0.2) is 41.0 Å². The molecule has 2 rings (SSSR count). The van der Waals surface area contributed by atoms with Crippen molar-refractivity contribution in [1.82, 2.24) is 4.90 Å². The van der Waals surface area contributed by atoms with Gasteiger partial charge in [-0.3, -0.25) is 9.69 Å². The monoisotopic (exact) mass is 328 g/mol. The molecule has 0 aliphatic carbocycles. The van der Waals surface area contributed by atoms with Crippen molar-refractivity contribution in [3.8, 4) is 0 Å². The fraction of sp³-hybridized carbons (Fsp3) is 0.450. The van der Waals surface area contributed by atoms with Gasteiger partial charge in [0.2, 0.25) is 5.91 Å². The predicted octanol–water partition coefficient (Wildman–Crippen LogP) is 4.60. The summed E-state index contributed by atoms with van der Waals surface area (Å²) in [5.41, 5.74) is 3.34. The molecule has 0 aliphatic rings. The molecule has 130 valence electrons. The van der Waals surface area contributed by atoms with Gasteiger partial charge in [0.05, 0.1) is 19.4 Å². The van der Waals surface area contributed by atoms with Crippen LogP contribution in [0.3, 0.4) is 0 Å². The van der Waals surface area contributed by atoms with Crippen molar-refractivity contribution in [3.63, 3.8) is 0 Å². The molecule has 0 atom stereocenters.